The molecule has 0 aliphatic rings. The Labute approximate surface area is 137 Å². The van der Waals surface area contributed by atoms with Gasteiger partial charge in [0.05, 0.1) is 22.3 Å². The van der Waals surface area contributed by atoms with Gasteiger partial charge >= 0.3 is 0 Å². The topological polar surface area (TPSA) is 55.2 Å². The van der Waals surface area contributed by atoms with Crippen LogP contribution in [0.15, 0.2) is 46.7 Å². The number of amides is 1. The number of nitrogens with zero attached hydrogens (tertiary/aromatic N) is 3. The van der Waals surface area contributed by atoms with Crippen molar-refractivity contribution >= 4 is 27.3 Å². The first-order valence-corrected chi connectivity index (χ1v) is 8.19. The van der Waals surface area contributed by atoms with Gasteiger partial charge in [0.1, 0.15) is 0 Å². The molecule has 0 saturated heterocycles. The van der Waals surface area contributed by atoms with E-state index in [4.69, 9.17) is 0 Å². The summed E-state index contributed by atoms with van der Waals surface area (Å²) in [6, 6.07) is 9.36. The summed E-state index contributed by atoms with van der Waals surface area (Å²) < 4.78 is 0.817. The monoisotopic (exact) mass is 327 g/mol. The van der Waals surface area contributed by atoms with Gasteiger partial charge in [0, 0.05) is 6.92 Å². The number of fused-ring (bicyclic) bond motifs is 1. The van der Waals surface area contributed by atoms with Gasteiger partial charge in [0.15, 0.2) is 0 Å². The molecule has 0 saturated carbocycles. The van der Waals surface area contributed by atoms with Crippen LogP contribution in [0.5, 0.6) is 0 Å². The number of hydrogen-bond acceptors (Lipinski definition) is 4. The van der Waals surface area contributed by atoms with E-state index in [0.717, 1.165) is 15.8 Å². The fourth-order valence-corrected chi connectivity index (χ4v) is 3.32. The maximum absolute atomic E-state index is 12.6. The Bertz CT molecular complexity index is 911. The molecule has 0 unspecified atom stereocenters. The molecule has 6 heteroatoms. The Morgan fingerprint density at radius 1 is 1.26 bits per heavy atom. The van der Waals surface area contributed by atoms with Gasteiger partial charge in [-0.1, -0.05) is 29.8 Å². The lowest BCUT2D eigenvalue weighted by Gasteiger charge is -2.28. The largest absolute Gasteiger partial charge is 0.295 e. The predicted molar refractivity (Wildman–Crippen MR) is 92.4 cm³/mol. The molecule has 0 bridgehead atoms. The molecule has 0 aliphatic heterocycles. The molecular weight excluding hydrogens is 310 g/mol. The van der Waals surface area contributed by atoms with Gasteiger partial charge < -0.3 is 0 Å². The molecule has 1 aromatic carbocycles. The molecule has 2 heterocycles. The van der Waals surface area contributed by atoms with Crippen molar-refractivity contribution in [1.29, 1.82) is 0 Å². The molecule has 0 radical (unpaired) electrons. The summed E-state index contributed by atoms with van der Waals surface area (Å²) >= 11 is 1.46. The molecule has 3 rings (SSSR count). The number of rotatable bonds is 3. The van der Waals surface area contributed by atoms with E-state index in [1.807, 2.05) is 43.5 Å². The summed E-state index contributed by atoms with van der Waals surface area (Å²) in [6.07, 6.45) is 1.62. The van der Waals surface area contributed by atoms with E-state index in [0.29, 0.717) is 5.39 Å². The third-order valence-corrected chi connectivity index (χ3v) is 4.70. The minimum atomic E-state index is -0.297. The van der Waals surface area contributed by atoms with Crippen molar-refractivity contribution in [1.82, 2.24) is 9.89 Å². The summed E-state index contributed by atoms with van der Waals surface area (Å²) in [5, 5.41) is 8.00. The highest BCUT2D eigenvalue weighted by atomic mass is 32.1. The molecule has 0 N–H and O–H groups in total. The first-order chi connectivity index (χ1) is 11.0. The number of aromatic nitrogens is 2. The molecular formula is C17H17N3O2S. The van der Waals surface area contributed by atoms with Crippen LogP contribution in [0.25, 0.3) is 10.1 Å². The van der Waals surface area contributed by atoms with Gasteiger partial charge in [-0.2, -0.15) is 5.10 Å². The lowest BCUT2D eigenvalue weighted by Crippen LogP contribution is -2.48. The van der Waals surface area contributed by atoms with Crippen LogP contribution in [0.2, 0.25) is 0 Å². The lowest BCUT2D eigenvalue weighted by atomic mass is 10.1. The van der Waals surface area contributed by atoms with Crippen molar-refractivity contribution in [2.45, 2.75) is 26.8 Å². The SMILES string of the molecule is CC(=O)N([C@@H](C)c1ccc(C)cc1)n1ncc2sccc2c1=O. The van der Waals surface area contributed by atoms with Crippen LogP contribution >= 0.6 is 11.3 Å². The second-order valence-electron chi connectivity index (χ2n) is 5.49. The maximum Gasteiger partial charge on any atom is 0.295 e. The Balaban J connectivity index is 2.10. The van der Waals surface area contributed by atoms with Crippen molar-refractivity contribution in [3.63, 3.8) is 0 Å². The van der Waals surface area contributed by atoms with Crippen LogP contribution in [0.4, 0.5) is 0 Å². The average Bonchev–Trinajstić information content (AvgIpc) is 2.99. The van der Waals surface area contributed by atoms with Crippen LogP contribution in [0, 0.1) is 6.92 Å². The molecule has 23 heavy (non-hydrogen) atoms. The highest BCUT2D eigenvalue weighted by Gasteiger charge is 2.23. The molecule has 1 amide bonds. The van der Waals surface area contributed by atoms with Gasteiger partial charge in [-0.15, -0.1) is 16.1 Å². The summed E-state index contributed by atoms with van der Waals surface area (Å²) in [7, 11) is 0. The number of hydrogen-bond donors (Lipinski definition) is 0. The first-order valence-electron chi connectivity index (χ1n) is 7.31. The maximum atomic E-state index is 12.6. The number of thiophene rings is 1. The minimum Gasteiger partial charge on any atom is -0.273 e. The van der Waals surface area contributed by atoms with Crippen molar-refractivity contribution in [2.24, 2.45) is 0 Å². The van der Waals surface area contributed by atoms with Crippen LogP contribution in [-0.4, -0.2) is 15.8 Å². The molecule has 1 atom stereocenters. The zero-order chi connectivity index (χ0) is 16.6. The molecule has 118 valence electrons. The smallest absolute Gasteiger partial charge is 0.273 e. The quantitative estimate of drug-likeness (QED) is 0.743. The van der Waals surface area contributed by atoms with E-state index in [2.05, 4.69) is 5.10 Å². The lowest BCUT2D eigenvalue weighted by molar-refractivity contribution is -0.118. The van der Waals surface area contributed by atoms with Gasteiger partial charge in [-0.3, -0.25) is 9.59 Å². The summed E-state index contributed by atoms with van der Waals surface area (Å²) in [4.78, 5) is 26.0. The number of carbonyl (C=O) groups is 1. The van der Waals surface area contributed by atoms with Crippen LogP contribution in [0.1, 0.15) is 31.0 Å². The highest BCUT2D eigenvalue weighted by Crippen LogP contribution is 2.20. The van der Waals surface area contributed by atoms with Crippen molar-refractivity contribution in [2.75, 3.05) is 5.01 Å². The molecule has 5 nitrogen and oxygen atoms in total. The second kappa shape index (κ2) is 5.96. The molecule has 2 aromatic heterocycles. The van der Waals surface area contributed by atoms with Crippen LogP contribution < -0.4 is 10.6 Å². The van der Waals surface area contributed by atoms with Gasteiger partial charge in [-0.05, 0) is 30.9 Å². The normalized spacial score (nSPS) is 12.3. The minimum absolute atomic E-state index is 0.234. The van der Waals surface area contributed by atoms with Gasteiger partial charge in [0.25, 0.3) is 5.56 Å². The van der Waals surface area contributed by atoms with Crippen LogP contribution in [0.3, 0.4) is 0 Å². The van der Waals surface area contributed by atoms with E-state index >= 15 is 0 Å². The standard InChI is InChI=1S/C17H17N3O2S/c1-11-4-6-14(7-5-11)12(2)19(13(3)21)20-17(22)15-8-9-23-16(15)10-18-20/h4-10,12H,1-3H3/t12-/m0/s1. The van der Waals surface area contributed by atoms with E-state index in [-0.39, 0.29) is 17.5 Å². The Morgan fingerprint density at radius 2 is 1.96 bits per heavy atom. The highest BCUT2D eigenvalue weighted by molar-refractivity contribution is 7.17. The Kier molecular flexibility index (Phi) is 4.00. The first kappa shape index (κ1) is 15.4. The van der Waals surface area contributed by atoms with Crippen LogP contribution in [-0.2, 0) is 4.79 Å². The number of carbonyl (C=O) groups excluding carboxylic acids is 1. The number of benzene rings is 1. The summed E-state index contributed by atoms with van der Waals surface area (Å²) in [5.74, 6) is -0.234. The average molecular weight is 327 g/mol. The zero-order valence-corrected chi connectivity index (χ0v) is 14.0. The van der Waals surface area contributed by atoms with Gasteiger partial charge in [-0.25, -0.2) is 5.01 Å². The van der Waals surface area contributed by atoms with Crippen molar-refractivity contribution < 1.29 is 4.79 Å². The zero-order valence-electron chi connectivity index (χ0n) is 13.2. The summed E-state index contributed by atoms with van der Waals surface area (Å²) in [5.41, 5.74) is 1.81. The molecule has 0 spiro atoms. The van der Waals surface area contributed by atoms with E-state index in [1.165, 1.54) is 28.1 Å². The van der Waals surface area contributed by atoms with Crippen molar-refractivity contribution in [3.8, 4) is 0 Å². The Hall–Kier alpha value is -2.47. The van der Waals surface area contributed by atoms with E-state index in [1.54, 1.807) is 12.3 Å². The third-order valence-electron chi connectivity index (χ3n) is 3.84. The number of aryl methyl sites for hydroxylation is 1. The fourth-order valence-electron chi connectivity index (χ4n) is 2.57. The molecule has 3 aromatic rings. The van der Waals surface area contributed by atoms with E-state index in [9.17, 15) is 9.59 Å². The molecule has 0 fully saturated rings. The van der Waals surface area contributed by atoms with Gasteiger partial charge in [0.2, 0.25) is 5.91 Å². The fraction of sp³-hybridized carbons (Fsp3) is 0.235. The Morgan fingerprint density at radius 3 is 2.61 bits per heavy atom. The predicted octanol–water partition coefficient (Wildman–Crippen LogP) is 3.01. The van der Waals surface area contributed by atoms with E-state index < -0.39 is 0 Å². The van der Waals surface area contributed by atoms with Crippen molar-refractivity contribution in [3.05, 3.63) is 63.4 Å². The third kappa shape index (κ3) is 2.77. The summed E-state index contributed by atoms with van der Waals surface area (Å²) in [6.45, 7) is 5.34. The molecule has 0 aliphatic carbocycles. The second-order valence-corrected chi connectivity index (χ2v) is 6.44.